The van der Waals surface area contributed by atoms with Crippen molar-refractivity contribution >= 4 is 23.4 Å². The van der Waals surface area contributed by atoms with Crippen LogP contribution in [0.25, 0.3) is 10.4 Å². The molecular weight excluding hydrogens is 520 g/mol. The zero-order valence-corrected chi connectivity index (χ0v) is 22.0. The Morgan fingerprint density at radius 2 is 1.87 bits per heavy atom. The molecule has 0 unspecified atom stereocenters. The maximum Gasteiger partial charge on any atom is 0.266 e. The van der Waals surface area contributed by atoms with Crippen molar-refractivity contribution in [2.75, 3.05) is 19.8 Å². The largest absolute Gasteiger partial charge is 0.494 e. The van der Waals surface area contributed by atoms with Gasteiger partial charge in [-0.05, 0) is 58.6 Å². The molecule has 0 bridgehead atoms. The summed E-state index contributed by atoms with van der Waals surface area (Å²) >= 11 is 5.96. The molecule has 0 aliphatic carbocycles. The molecule has 1 amide bonds. The molecule has 39 heavy (non-hydrogen) atoms. The Morgan fingerprint density at radius 1 is 1.13 bits per heavy atom. The number of hydrogen-bond acceptors (Lipinski definition) is 7. The van der Waals surface area contributed by atoms with E-state index in [0.29, 0.717) is 41.8 Å². The molecule has 0 spiro atoms. The number of nitrogens with one attached hydrogen (secondary N) is 2. The van der Waals surface area contributed by atoms with Crippen molar-refractivity contribution in [3.63, 3.8) is 0 Å². The summed E-state index contributed by atoms with van der Waals surface area (Å²) in [5.41, 5.74) is 16.6. The lowest BCUT2D eigenvalue weighted by molar-refractivity contribution is -0.127. The molecule has 0 aromatic heterocycles. The zero-order chi connectivity index (χ0) is 27.5. The SMILES string of the molecule is [N-]=[N+]=NCc1ccccc1C[C@@]1(C(=O)NNCc2ccc(Cl)cc2)COC(c2ccc(OCCCO)cc2)=N1. The first-order valence-electron chi connectivity index (χ1n) is 12.4. The van der Waals surface area contributed by atoms with Gasteiger partial charge in [0.15, 0.2) is 5.54 Å². The third-order valence-electron chi connectivity index (χ3n) is 6.17. The minimum absolute atomic E-state index is 0.0292. The average Bonchev–Trinajstić information content (AvgIpc) is 3.39. The van der Waals surface area contributed by atoms with E-state index in [2.05, 4.69) is 20.9 Å². The number of aliphatic imine (C=N–C) groups is 1. The van der Waals surface area contributed by atoms with Gasteiger partial charge < -0.3 is 14.6 Å². The highest BCUT2D eigenvalue weighted by Gasteiger charge is 2.45. The molecule has 3 aromatic rings. The topological polar surface area (TPSA) is 141 Å². The van der Waals surface area contributed by atoms with Crippen LogP contribution in [0.3, 0.4) is 0 Å². The Bertz CT molecular complexity index is 1340. The molecule has 3 N–H and O–H groups in total. The first-order valence-corrected chi connectivity index (χ1v) is 12.8. The third kappa shape index (κ3) is 7.49. The molecule has 0 saturated heterocycles. The number of aliphatic hydroxyl groups is 1. The van der Waals surface area contributed by atoms with Gasteiger partial charge in [0.25, 0.3) is 5.91 Å². The number of carbonyl (C=O) groups excluding carboxylic acids is 1. The molecule has 1 heterocycles. The van der Waals surface area contributed by atoms with E-state index in [1.807, 2.05) is 48.5 Å². The Hall–Kier alpha value is -4.08. The van der Waals surface area contributed by atoms with Crippen molar-refractivity contribution in [1.29, 1.82) is 0 Å². The van der Waals surface area contributed by atoms with Gasteiger partial charge in [-0.25, -0.2) is 10.4 Å². The molecule has 11 heteroatoms. The minimum Gasteiger partial charge on any atom is -0.494 e. The standard InChI is InChI=1S/C28H29ClN6O4/c29-24-10-6-20(7-11-24)17-31-34-27(37)28(16-22-4-1-2-5-23(22)18-32-35-30)19-39-26(33-28)21-8-12-25(13-9-21)38-15-3-14-36/h1-2,4-13,31,36H,3,14-19H2,(H,34,37)/t28-/m0/s1. The van der Waals surface area contributed by atoms with E-state index in [9.17, 15) is 4.79 Å². The Morgan fingerprint density at radius 3 is 2.59 bits per heavy atom. The van der Waals surface area contributed by atoms with Crippen LogP contribution in [-0.4, -0.2) is 42.3 Å². The van der Waals surface area contributed by atoms with E-state index in [4.69, 9.17) is 36.7 Å². The van der Waals surface area contributed by atoms with E-state index in [1.54, 1.807) is 24.3 Å². The van der Waals surface area contributed by atoms with Crippen LogP contribution >= 0.6 is 11.6 Å². The summed E-state index contributed by atoms with van der Waals surface area (Å²) in [6.07, 6.45) is 0.785. The first kappa shape index (κ1) is 27.9. The maximum atomic E-state index is 13.6. The predicted octanol–water partition coefficient (Wildman–Crippen LogP) is 4.49. The number of aliphatic hydroxyl groups excluding tert-OH is 1. The second-order valence-electron chi connectivity index (χ2n) is 8.96. The summed E-state index contributed by atoms with van der Waals surface area (Å²) < 4.78 is 11.6. The van der Waals surface area contributed by atoms with Crippen LogP contribution in [-0.2, 0) is 29.0 Å². The second-order valence-corrected chi connectivity index (χ2v) is 9.39. The monoisotopic (exact) mass is 548 g/mol. The molecule has 10 nitrogen and oxygen atoms in total. The van der Waals surface area contributed by atoms with Crippen LogP contribution in [0.4, 0.5) is 0 Å². The summed E-state index contributed by atoms with van der Waals surface area (Å²) in [4.78, 5) is 21.3. The van der Waals surface area contributed by atoms with Crippen LogP contribution in [0.15, 0.2) is 82.9 Å². The molecule has 1 aliphatic rings. The molecule has 3 aromatic carbocycles. The maximum absolute atomic E-state index is 13.6. The summed E-state index contributed by atoms with van der Waals surface area (Å²) in [6.45, 7) is 1.06. The summed E-state index contributed by atoms with van der Waals surface area (Å²) in [5.74, 6) is 0.652. The van der Waals surface area contributed by atoms with Crippen LogP contribution in [0.2, 0.25) is 5.02 Å². The van der Waals surface area contributed by atoms with Crippen molar-refractivity contribution in [1.82, 2.24) is 10.9 Å². The zero-order valence-electron chi connectivity index (χ0n) is 21.2. The highest BCUT2D eigenvalue weighted by Crippen LogP contribution is 2.29. The molecule has 0 fully saturated rings. The van der Waals surface area contributed by atoms with Gasteiger partial charge in [0.2, 0.25) is 5.90 Å². The predicted molar refractivity (Wildman–Crippen MR) is 148 cm³/mol. The van der Waals surface area contributed by atoms with Crippen molar-refractivity contribution < 1.29 is 19.4 Å². The van der Waals surface area contributed by atoms with Gasteiger partial charge in [-0.1, -0.05) is 53.1 Å². The van der Waals surface area contributed by atoms with E-state index in [1.165, 1.54) is 0 Å². The van der Waals surface area contributed by atoms with Crippen molar-refractivity contribution in [3.05, 3.63) is 111 Å². The van der Waals surface area contributed by atoms with E-state index >= 15 is 0 Å². The lowest BCUT2D eigenvalue weighted by Gasteiger charge is -2.24. The van der Waals surface area contributed by atoms with Gasteiger partial charge in [-0.2, -0.15) is 0 Å². The molecule has 0 saturated carbocycles. The van der Waals surface area contributed by atoms with Gasteiger partial charge >= 0.3 is 0 Å². The van der Waals surface area contributed by atoms with Gasteiger partial charge in [0.1, 0.15) is 12.4 Å². The molecular formula is C28H29ClN6O4. The molecule has 0 radical (unpaired) electrons. The van der Waals surface area contributed by atoms with Crippen LogP contribution in [0.1, 0.15) is 28.7 Å². The number of azide groups is 1. The van der Waals surface area contributed by atoms with Gasteiger partial charge in [0.05, 0.1) is 13.2 Å². The first-order chi connectivity index (χ1) is 19.0. The summed E-state index contributed by atoms with van der Waals surface area (Å²) in [5, 5.41) is 13.3. The number of ether oxygens (including phenoxy) is 2. The number of hydrazine groups is 1. The average molecular weight is 549 g/mol. The second kappa shape index (κ2) is 13.6. The highest BCUT2D eigenvalue weighted by atomic mass is 35.5. The fraction of sp³-hybridized carbons (Fsp3) is 0.286. The van der Waals surface area contributed by atoms with Gasteiger partial charge in [-0.15, -0.1) is 0 Å². The number of carbonyl (C=O) groups is 1. The minimum atomic E-state index is -1.26. The van der Waals surface area contributed by atoms with Crippen molar-refractivity contribution in [2.45, 2.75) is 31.5 Å². The Labute approximate surface area is 231 Å². The summed E-state index contributed by atoms with van der Waals surface area (Å²) in [6, 6.07) is 22.0. The van der Waals surface area contributed by atoms with E-state index in [0.717, 1.165) is 16.7 Å². The number of amides is 1. The highest BCUT2D eigenvalue weighted by molar-refractivity contribution is 6.30. The normalized spacial score (nSPS) is 16.1. The fourth-order valence-electron chi connectivity index (χ4n) is 4.08. The number of rotatable bonds is 13. The Kier molecular flexibility index (Phi) is 9.77. The molecule has 1 aliphatic heterocycles. The number of hydrogen-bond donors (Lipinski definition) is 3. The number of benzene rings is 3. The van der Waals surface area contributed by atoms with Crippen molar-refractivity contribution in [3.8, 4) is 5.75 Å². The molecule has 1 atom stereocenters. The summed E-state index contributed by atoms with van der Waals surface area (Å²) in [7, 11) is 0. The van der Waals surface area contributed by atoms with Gasteiger partial charge in [0, 0.05) is 41.5 Å². The van der Waals surface area contributed by atoms with Gasteiger partial charge in [-0.3, -0.25) is 10.2 Å². The van der Waals surface area contributed by atoms with E-state index < -0.39 is 5.54 Å². The third-order valence-corrected chi connectivity index (χ3v) is 6.42. The van der Waals surface area contributed by atoms with Crippen LogP contribution < -0.4 is 15.6 Å². The van der Waals surface area contributed by atoms with Crippen LogP contribution in [0.5, 0.6) is 5.75 Å². The lowest BCUT2D eigenvalue weighted by atomic mass is 9.89. The smallest absolute Gasteiger partial charge is 0.266 e. The fourth-order valence-corrected chi connectivity index (χ4v) is 4.21. The number of nitrogens with zero attached hydrogens (tertiary/aromatic N) is 4. The molecule has 4 rings (SSSR count). The van der Waals surface area contributed by atoms with E-state index in [-0.39, 0.29) is 32.1 Å². The number of halogens is 1. The lowest BCUT2D eigenvalue weighted by Crippen LogP contribution is -2.52. The van der Waals surface area contributed by atoms with Crippen molar-refractivity contribution in [2.24, 2.45) is 10.1 Å². The molecule has 202 valence electrons. The quantitative estimate of drug-likeness (QED) is 0.0948. The Balaban J connectivity index is 1.56. The van der Waals surface area contributed by atoms with Crippen LogP contribution in [0, 0.1) is 0 Å².